The molecule has 8 heteroatoms. The summed E-state index contributed by atoms with van der Waals surface area (Å²) in [6, 6.07) is 0. The van der Waals surface area contributed by atoms with Crippen molar-refractivity contribution in [2.24, 2.45) is 22.3 Å². The van der Waals surface area contributed by atoms with Gasteiger partial charge in [0.1, 0.15) is 0 Å². The molecular weight excluding hydrogens is 328 g/mol. The van der Waals surface area contributed by atoms with Gasteiger partial charge in [-0.1, -0.05) is 27.7 Å². The summed E-state index contributed by atoms with van der Waals surface area (Å²) in [5.41, 5.74) is 9.74. The minimum absolute atomic E-state index is 0. The molecule has 0 saturated heterocycles. The van der Waals surface area contributed by atoms with Gasteiger partial charge in [-0.2, -0.15) is 0 Å². The monoisotopic (exact) mass is 354 g/mol. The summed E-state index contributed by atoms with van der Waals surface area (Å²) in [5, 5.41) is 0. The van der Waals surface area contributed by atoms with E-state index in [0.717, 1.165) is 0 Å². The molecule has 0 aromatic rings. The molecule has 0 saturated carbocycles. The van der Waals surface area contributed by atoms with Gasteiger partial charge in [0, 0.05) is 10.8 Å². The van der Waals surface area contributed by atoms with Gasteiger partial charge in [0.25, 0.3) is 0 Å². The predicted octanol–water partition coefficient (Wildman–Crippen LogP) is 3.57. The molecule has 0 aliphatic heterocycles. The lowest BCUT2D eigenvalue weighted by molar-refractivity contribution is 0.267. The Labute approximate surface area is 135 Å². The van der Waals surface area contributed by atoms with Gasteiger partial charge >= 0.3 is 0 Å². The molecule has 2 nitrogen and oxygen atoms in total. The largest absolute Gasteiger partial charge is 0.330 e. The summed E-state index contributed by atoms with van der Waals surface area (Å²) in [5.74, 6) is 0. The first kappa shape index (κ1) is 36.4. The average molecular weight is 356 g/mol. The van der Waals surface area contributed by atoms with Crippen molar-refractivity contribution in [3.8, 4) is 0 Å². The minimum Gasteiger partial charge on any atom is -0.330 e. The maximum Gasteiger partial charge on any atom is 0.0957 e. The predicted molar refractivity (Wildman–Crippen MR) is 86.6 cm³/mol. The summed E-state index contributed by atoms with van der Waals surface area (Å²) >= 11 is 0. The number of rotatable bonds is 4. The molecule has 4 N–H and O–H groups in total. The number of alkyl halides is 2. The van der Waals surface area contributed by atoms with Crippen molar-refractivity contribution in [1.29, 1.82) is 0 Å². The second kappa shape index (κ2) is 17.9. The van der Waals surface area contributed by atoms with Crippen LogP contribution in [0.1, 0.15) is 27.7 Å². The lowest BCUT2D eigenvalue weighted by Gasteiger charge is -2.15. The van der Waals surface area contributed by atoms with E-state index in [4.69, 9.17) is 11.5 Å². The van der Waals surface area contributed by atoms with Crippen molar-refractivity contribution in [3.63, 3.8) is 0 Å². The van der Waals surface area contributed by atoms with E-state index in [1.165, 1.54) is 0 Å². The van der Waals surface area contributed by atoms with Crippen LogP contribution < -0.4 is 11.5 Å². The van der Waals surface area contributed by atoms with Gasteiger partial charge in [-0.25, -0.2) is 0 Å². The zero-order valence-electron chi connectivity index (χ0n) is 11.4. The fraction of sp³-hybridized carbons (Fsp3) is 1.00. The molecule has 120 valence electrons. The molecule has 0 aliphatic rings. The van der Waals surface area contributed by atoms with Crippen LogP contribution in [0.5, 0.6) is 0 Å². The molecule has 0 bridgehead atoms. The SMILES string of the molecule is CC(C)(CN)CF.CC(C)(CN)CF.Cl.Cl.Cl.Cl. The van der Waals surface area contributed by atoms with Gasteiger partial charge in [-0.05, 0) is 13.1 Å². The third-order valence-corrected chi connectivity index (χ3v) is 1.83. The first-order valence-corrected chi connectivity index (χ1v) is 4.77. The van der Waals surface area contributed by atoms with Crippen molar-refractivity contribution in [2.45, 2.75) is 27.7 Å². The van der Waals surface area contributed by atoms with Gasteiger partial charge in [0.2, 0.25) is 0 Å². The topological polar surface area (TPSA) is 52.0 Å². The third-order valence-electron chi connectivity index (χ3n) is 1.83. The molecule has 0 amide bonds. The number of halogens is 6. The highest BCUT2D eigenvalue weighted by Crippen LogP contribution is 2.11. The quantitative estimate of drug-likeness (QED) is 0.809. The number of hydrogen-bond donors (Lipinski definition) is 2. The summed E-state index contributed by atoms with van der Waals surface area (Å²) in [6.45, 7) is 7.38. The standard InChI is InChI=1S/2C5H12FN.4ClH/c2*1-5(2,3-6)4-7;;;;/h2*3-4,7H2,1-2H3;4*1H. The van der Waals surface area contributed by atoms with Crippen molar-refractivity contribution in [3.05, 3.63) is 0 Å². The van der Waals surface area contributed by atoms with Gasteiger partial charge in [-0.3, -0.25) is 8.78 Å². The summed E-state index contributed by atoms with van der Waals surface area (Å²) in [7, 11) is 0. The Morgan fingerprint density at radius 1 is 0.667 bits per heavy atom. The fourth-order valence-corrected chi connectivity index (χ4v) is 0.109. The van der Waals surface area contributed by atoms with Crippen LogP contribution in [0.4, 0.5) is 8.78 Å². The van der Waals surface area contributed by atoms with Crippen LogP contribution >= 0.6 is 49.6 Å². The Balaban J connectivity index is -0.0000000327. The maximum atomic E-state index is 11.7. The van der Waals surface area contributed by atoms with E-state index in [-0.39, 0.29) is 73.8 Å². The van der Waals surface area contributed by atoms with Crippen LogP contribution in [0.15, 0.2) is 0 Å². The molecule has 0 fully saturated rings. The highest BCUT2D eigenvalue weighted by molar-refractivity contribution is 5.86. The van der Waals surface area contributed by atoms with Crippen molar-refractivity contribution in [1.82, 2.24) is 0 Å². The average Bonchev–Trinajstić information content (AvgIpc) is 2.19. The first-order valence-electron chi connectivity index (χ1n) is 4.77. The third kappa shape index (κ3) is 25.7. The lowest BCUT2D eigenvalue weighted by atomic mass is 9.96. The van der Waals surface area contributed by atoms with E-state index in [0.29, 0.717) is 13.1 Å². The normalized spacial score (nSPS) is 9.33. The second-order valence-corrected chi connectivity index (χ2v) is 5.00. The minimum atomic E-state index is -0.330. The van der Waals surface area contributed by atoms with Crippen LogP contribution in [0, 0.1) is 10.8 Å². The summed E-state index contributed by atoms with van der Waals surface area (Å²) < 4.78 is 23.4. The smallest absolute Gasteiger partial charge is 0.0957 e. The molecule has 0 heterocycles. The lowest BCUT2D eigenvalue weighted by Crippen LogP contribution is -2.25. The highest BCUT2D eigenvalue weighted by Gasteiger charge is 2.13. The van der Waals surface area contributed by atoms with Gasteiger partial charge in [-0.15, -0.1) is 49.6 Å². The summed E-state index contributed by atoms with van der Waals surface area (Å²) in [4.78, 5) is 0. The van der Waals surface area contributed by atoms with Gasteiger partial charge < -0.3 is 11.5 Å². The van der Waals surface area contributed by atoms with Crippen molar-refractivity contribution in [2.75, 3.05) is 26.4 Å². The zero-order valence-corrected chi connectivity index (χ0v) is 14.6. The van der Waals surface area contributed by atoms with E-state index in [9.17, 15) is 8.78 Å². The maximum absolute atomic E-state index is 11.7. The van der Waals surface area contributed by atoms with Crippen LogP contribution in [0.2, 0.25) is 0 Å². The summed E-state index contributed by atoms with van der Waals surface area (Å²) in [6.07, 6.45) is 0. The van der Waals surface area contributed by atoms with Crippen LogP contribution in [-0.4, -0.2) is 26.4 Å². The molecular formula is C10H28Cl4F2N2. The second-order valence-electron chi connectivity index (χ2n) is 5.00. The Kier molecular flexibility index (Phi) is 36.3. The van der Waals surface area contributed by atoms with Gasteiger partial charge in [0.05, 0.1) is 13.3 Å². The highest BCUT2D eigenvalue weighted by atomic mass is 35.5. The van der Waals surface area contributed by atoms with Crippen molar-refractivity contribution >= 4 is 49.6 Å². The number of nitrogens with two attached hydrogens (primary N) is 2. The van der Waals surface area contributed by atoms with Crippen LogP contribution in [0.3, 0.4) is 0 Å². The zero-order chi connectivity index (χ0) is 11.8. The van der Waals surface area contributed by atoms with E-state index < -0.39 is 0 Å². The fourth-order valence-electron chi connectivity index (χ4n) is 0.109. The van der Waals surface area contributed by atoms with E-state index in [2.05, 4.69) is 0 Å². The van der Waals surface area contributed by atoms with E-state index in [1.54, 1.807) is 27.7 Å². The van der Waals surface area contributed by atoms with Gasteiger partial charge in [0.15, 0.2) is 0 Å². The van der Waals surface area contributed by atoms with Crippen LogP contribution in [-0.2, 0) is 0 Å². The first-order chi connectivity index (χ1) is 6.24. The van der Waals surface area contributed by atoms with Crippen molar-refractivity contribution < 1.29 is 8.78 Å². The van der Waals surface area contributed by atoms with Crippen LogP contribution in [0.25, 0.3) is 0 Å². The Bertz CT molecular complexity index is 122. The molecule has 0 radical (unpaired) electrons. The molecule has 0 aromatic heterocycles. The molecule has 0 rings (SSSR count). The Morgan fingerprint density at radius 2 is 0.833 bits per heavy atom. The molecule has 0 unspecified atom stereocenters. The number of hydrogen-bond acceptors (Lipinski definition) is 2. The molecule has 0 aliphatic carbocycles. The Morgan fingerprint density at radius 3 is 0.833 bits per heavy atom. The molecule has 0 atom stereocenters. The Hall–Kier alpha value is 0.940. The molecule has 18 heavy (non-hydrogen) atoms. The van der Waals surface area contributed by atoms with E-state index >= 15 is 0 Å². The molecule has 0 spiro atoms. The van der Waals surface area contributed by atoms with E-state index in [1.807, 2.05) is 0 Å². The molecule has 0 aromatic carbocycles.